The second-order valence-electron chi connectivity index (χ2n) is 4.78. The van der Waals surface area contributed by atoms with Crippen LogP contribution in [0, 0.1) is 12.7 Å². The van der Waals surface area contributed by atoms with E-state index in [0.717, 1.165) is 12.0 Å². The summed E-state index contributed by atoms with van der Waals surface area (Å²) in [5.41, 5.74) is 3.49. The van der Waals surface area contributed by atoms with Gasteiger partial charge in [0.25, 0.3) is 0 Å². The largest absolute Gasteiger partial charge is 0.293 e. The molecule has 1 unspecified atom stereocenters. The molecule has 0 spiro atoms. The van der Waals surface area contributed by atoms with Crippen molar-refractivity contribution in [2.24, 2.45) is 0 Å². The molecule has 2 aromatic rings. The molecule has 1 nitrogen and oxygen atoms in total. The molecule has 2 heteroatoms. The lowest BCUT2D eigenvalue weighted by molar-refractivity contribution is 0.0949. The van der Waals surface area contributed by atoms with E-state index in [1.807, 2.05) is 18.2 Å². The van der Waals surface area contributed by atoms with Crippen molar-refractivity contribution >= 4 is 5.78 Å². The van der Waals surface area contributed by atoms with Crippen molar-refractivity contribution in [2.45, 2.75) is 19.3 Å². The maximum absolute atomic E-state index is 13.2. The Morgan fingerprint density at radius 2 is 2.00 bits per heavy atom. The highest BCUT2D eigenvalue weighted by atomic mass is 19.1. The number of halogens is 1. The molecule has 90 valence electrons. The van der Waals surface area contributed by atoms with E-state index in [1.54, 1.807) is 19.1 Å². The highest BCUT2D eigenvalue weighted by molar-refractivity contribution is 6.02. The molecule has 2 aromatic carbocycles. The molecule has 18 heavy (non-hydrogen) atoms. The topological polar surface area (TPSA) is 17.1 Å². The smallest absolute Gasteiger partial charge is 0.170 e. The Labute approximate surface area is 105 Å². The molecule has 0 heterocycles. The molecule has 3 rings (SSSR count). The second-order valence-corrected chi connectivity index (χ2v) is 4.78. The van der Waals surface area contributed by atoms with Crippen molar-refractivity contribution in [1.29, 1.82) is 0 Å². The van der Waals surface area contributed by atoms with E-state index in [0.29, 0.717) is 11.1 Å². The third kappa shape index (κ3) is 1.65. The summed E-state index contributed by atoms with van der Waals surface area (Å²) in [6, 6.07) is 12.6. The van der Waals surface area contributed by atoms with Crippen LogP contribution in [-0.4, -0.2) is 5.78 Å². The summed E-state index contributed by atoms with van der Waals surface area (Å²) in [4.78, 5) is 12.3. The normalized spacial score (nSPS) is 16.9. The predicted molar refractivity (Wildman–Crippen MR) is 68.4 cm³/mol. The van der Waals surface area contributed by atoms with Gasteiger partial charge in [-0.3, -0.25) is 4.79 Å². The number of Topliss-reactive ketones (excluding diaryl/α,β-unsaturated/α-hetero) is 1. The number of carbonyl (C=O) groups is 1. The molecule has 1 atom stereocenters. The molecule has 0 bridgehead atoms. The highest BCUT2D eigenvalue weighted by Gasteiger charge is 2.32. The van der Waals surface area contributed by atoms with Crippen molar-refractivity contribution in [3.63, 3.8) is 0 Å². The van der Waals surface area contributed by atoms with Gasteiger partial charge in [-0.2, -0.15) is 0 Å². The van der Waals surface area contributed by atoms with Gasteiger partial charge in [0, 0.05) is 5.56 Å². The van der Waals surface area contributed by atoms with Gasteiger partial charge in [-0.1, -0.05) is 24.3 Å². The van der Waals surface area contributed by atoms with Gasteiger partial charge in [0.2, 0.25) is 0 Å². The Bertz CT molecular complexity index is 631. The molecule has 0 fully saturated rings. The number of fused-ring (bicyclic) bond motifs is 1. The van der Waals surface area contributed by atoms with Gasteiger partial charge >= 0.3 is 0 Å². The maximum atomic E-state index is 13.2. The van der Waals surface area contributed by atoms with E-state index in [4.69, 9.17) is 0 Å². The minimum Gasteiger partial charge on any atom is -0.293 e. The van der Waals surface area contributed by atoms with Crippen LogP contribution in [0.1, 0.15) is 33.0 Å². The lowest BCUT2D eigenvalue weighted by atomic mass is 9.74. The van der Waals surface area contributed by atoms with Gasteiger partial charge in [0.15, 0.2) is 5.78 Å². The van der Waals surface area contributed by atoms with Crippen LogP contribution in [-0.2, 0) is 6.42 Å². The minimum absolute atomic E-state index is 0.0499. The average Bonchev–Trinajstić information content (AvgIpc) is 2.34. The van der Waals surface area contributed by atoms with Gasteiger partial charge in [-0.25, -0.2) is 4.39 Å². The zero-order valence-electron chi connectivity index (χ0n) is 10.1. The van der Waals surface area contributed by atoms with Crippen LogP contribution in [0.25, 0.3) is 0 Å². The van der Waals surface area contributed by atoms with Crippen molar-refractivity contribution in [3.05, 3.63) is 70.5 Å². The molecule has 0 aliphatic heterocycles. The van der Waals surface area contributed by atoms with Gasteiger partial charge < -0.3 is 0 Å². The molecular formula is C16H13FO. The van der Waals surface area contributed by atoms with Crippen LogP contribution >= 0.6 is 0 Å². The summed E-state index contributed by atoms with van der Waals surface area (Å²) in [7, 11) is 0. The number of hydrogen-bond donors (Lipinski definition) is 0. The van der Waals surface area contributed by atoms with E-state index in [9.17, 15) is 9.18 Å². The summed E-state index contributed by atoms with van der Waals surface area (Å²) in [5, 5.41) is 0. The van der Waals surface area contributed by atoms with Crippen LogP contribution in [0.3, 0.4) is 0 Å². The zero-order valence-corrected chi connectivity index (χ0v) is 10.1. The third-order valence-electron chi connectivity index (χ3n) is 3.61. The standard InChI is InChI=1S/C16H13FO/c1-10-8-12(6-7-15(10)17)16(18)14-9-11-4-2-3-5-13(11)14/h2-8,14H,9H2,1H3. The Balaban J connectivity index is 1.91. The molecule has 1 aliphatic rings. The first-order chi connectivity index (χ1) is 8.66. The van der Waals surface area contributed by atoms with Crippen LogP contribution in [0.2, 0.25) is 0 Å². The van der Waals surface area contributed by atoms with Crippen LogP contribution < -0.4 is 0 Å². The SMILES string of the molecule is Cc1cc(C(=O)C2Cc3ccccc32)ccc1F. The molecule has 0 radical (unpaired) electrons. The minimum atomic E-state index is -0.263. The fourth-order valence-electron chi connectivity index (χ4n) is 2.49. The molecule has 0 saturated heterocycles. The fraction of sp³-hybridized carbons (Fsp3) is 0.188. The maximum Gasteiger partial charge on any atom is 0.170 e. The quantitative estimate of drug-likeness (QED) is 0.732. The first kappa shape index (κ1) is 11.1. The fourth-order valence-corrected chi connectivity index (χ4v) is 2.49. The van der Waals surface area contributed by atoms with Gasteiger partial charge in [0.1, 0.15) is 5.82 Å². The average molecular weight is 240 g/mol. The molecule has 0 aromatic heterocycles. The van der Waals surface area contributed by atoms with Crippen LogP contribution in [0.15, 0.2) is 42.5 Å². The van der Waals surface area contributed by atoms with E-state index in [-0.39, 0.29) is 17.5 Å². The highest BCUT2D eigenvalue weighted by Crippen LogP contribution is 2.37. The number of carbonyl (C=O) groups excluding carboxylic acids is 1. The summed E-state index contributed by atoms with van der Waals surface area (Å²) < 4.78 is 13.2. The molecular weight excluding hydrogens is 227 g/mol. The lowest BCUT2D eigenvalue weighted by Gasteiger charge is -2.28. The van der Waals surface area contributed by atoms with E-state index >= 15 is 0 Å². The molecule has 0 amide bonds. The van der Waals surface area contributed by atoms with Crippen LogP contribution in [0.5, 0.6) is 0 Å². The number of aryl methyl sites for hydroxylation is 1. The van der Waals surface area contributed by atoms with Gasteiger partial charge in [0.05, 0.1) is 5.92 Å². The number of benzene rings is 2. The zero-order chi connectivity index (χ0) is 12.7. The summed E-state index contributed by atoms with van der Waals surface area (Å²) in [6.45, 7) is 1.68. The Hall–Kier alpha value is -1.96. The monoisotopic (exact) mass is 240 g/mol. The van der Waals surface area contributed by atoms with Crippen molar-refractivity contribution < 1.29 is 9.18 Å². The second kappa shape index (κ2) is 4.05. The Kier molecular flexibility index (Phi) is 2.51. The Morgan fingerprint density at radius 3 is 2.72 bits per heavy atom. The predicted octanol–water partition coefficient (Wildman–Crippen LogP) is 3.66. The van der Waals surface area contributed by atoms with Crippen molar-refractivity contribution in [1.82, 2.24) is 0 Å². The van der Waals surface area contributed by atoms with Gasteiger partial charge in [-0.05, 0) is 48.2 Å². The molecule has 1 aliphatic carbocycles. The summed E-state index contributed by atoms with van der Waals surface area (Å²) >= 11 is 0. The van der Waals surface area contributed by atoms with E-state index in [1.165, 1.54) is 11.6 Å². The molecule has 0 N–H and O–H groups in total. The summed E-state index contributed by atoms with van der Waals surface area (Å²) in [5.74, 6) is -0.219. The first-order valence-electron chi connectivity index (χ1n) is 6.05. The number of hydrogen-bond acceptors (Lipinski definition) is 1. The lowest BCUT2D eigenvalue weighted by Crippen LogP contribution is -2.25. The van der Waals surface area contributed by atoms with Crippen molar-refractivity contribution in [2.75, 3.05) is 0 Å². The van der Waals surface area contributed by atoms with Gasteiger partial charge in [-0.15, -0.1) is 0 Å². The Morgan fingerprint density at radius 1 is 1.22 bits per heavy atom. The summed E-state index contributed by atoms with van der Waals surface area (Å²) in [6.07, 6.45) is 0.797. The first-order valence-corrected chi connectivity index (χ1v) is 6.05. The molecule has 0 saturated carbocycles. The van der Waals surface area contributed by atoms with E-state index < -0.39 is 0 Å². The third-order valence-corrected chi connectivity index (χ3v) is 3.61. The number of rotatable bonds is 2. The van der Waals surface area contributed by atoms with Crippen molar-refractivity contribution in [3.8, 4) is 0 Å². The van der Waals surface area contributed by atoms with Crippen LogP contribution in [0.4, 0.5) is 4.39 Å². The van der Waals surface area contributed by atoms with E-state index in [2.05, 4.69) is 6.07 Å². The number of ketones is 1.